The third-order valence-electron chi connectivity index (χ3n) is 4.95. The molecule has 6 nitrogen and oxygen atoms in total. The Balaban J connectivity index is 1.79. The fraction of sp³-hybridized carbons (Fsp3) is 0.300. The Morgan fingerprint density at radius 2 is 1.89 bits per heavy atom. The quantitative estimate of drug-likeness (QED) is 0.694. The standard InChI is InChI=1S/C20H22N4O2S/c1-23-15-19(20(22-23)16-8-3-2-4-9-16)27(25,26)24-13-6-5-11-18(24)17-10-7-12-21-14-17/h2-4,7-10,12,14-15,18H,5-6,11,13H2,1H3. The highest BCUT2D eigenvalue weighted by Gasteiger charge is 2.37. The molecular weight excluding hydrogens is 360 g/mol. The fourth-order valence-corrected chi connectivity index (χ4v) is 5.55. The second-order valence-corrected chi connectivity index (χ2v) is 8.65. The smallest absolute Gasteiger partial charge is 0.247 e. The summed E-state index contributed by atoms with van der Waals surface area (Å²) < 4.78 is 30.5. The molecule has 1 aliphatic heterocycles. The summed E-state index contributed by atoms with van der Waals surface area (Å²) in [5, 5.41) is 4.44. The molecule has 3 heterocycles. The van der Waals surface area contributed by atoms with Gasteiger partial charge in [0.2, 0.25) is 10.0 Å². The van der Waals surface area contributed by atoms with Crippen molar-refractivity contribution >= 4 is 10.0 Å². The molecule has 1 aliphatic rings. The zero-order chi connectivity index (χ0) is 18.9. The Labute approximate surface area is 159 Å². The molecule has 1 unspecified atom stereocenters. The van der Waals surface area contributed by atoms with Gasteiger partial charge in [-0.2, -0.15) is 9.40 Å². The molecule has 1 fully saturated rings. The lowest BCUT2D eigenvalue weighted by Gasteiger charge is -2.34. The lowest BCUT2D eigenvalue weighted by molar-refractivity contribution is 0.255. The summed E-state index contributed by atoms with van der Waals surface area (Å²) in [6, 6.07) is 13.1. The molecule has 1 saturated heterocycles. The van der Waals surface area contributed by atoms with Crippen molar-refractivity contribution in [1.82, 2.24) is 19.1 Å². The van der Waals surface area contributed by atoms with E-state index in [0.717, 1.165) is 30.4 Å². The number of rotatable bonds is 4. The van der Waals surface area contributed by atoms with Crippen LogP contribution in [-0.2, 0) is 17.1 Å². The highest BCUT2D eigenvalue weighted by molar-refractivity contribution is 7.89. The fourth-order valence-electron chi connectivity index (χ4n) is 3.68. The van der Waals surface area contributed by atoms with Gasteiger partial charge >= 0.3 is 0 Å². The van der Waals surface area contributed by atoms with Crippen LogP contribution in [0, 0.1) is 0 Å². The first-order valence-electron chi connectivity index (χ1n) is 9.08. The van der Waals surface area contributed by atoms with Crippen LogP contribution >= 0.6 is 0 Å². The van der Waals surface area contributed by atoms with Gasteiger partial charge in [0.15, 0.2) is 0 Å². The number of aryl methyl sites for hydroxylation is 1. The van der Waals surface area contributed by atoms with Gasteiger partial charge in [0.1, 0.15) is 10.6 Å². The molecule has 2 aromatic heterocycles. The van der Waals surface area contributed by atoms with Crippen LogP contribution in [0.2, 0.25) is 0 Å². The molecule has 1 atom stereocenters. The van der Waals surface area contributed by atoms with Crippen LogP contribution in [0.5, 0.6) is 0 Å². The van der Waals surface area contributed by atoms with Crippen molar-refractivity contribution in [1.29, 1.82) is 0 Å². The average Bonchev–Trinajstić information content (AvgIpc) is 3.12. The lowest BCUT2D eigenvalue weighted by atomic mass is 9.99. The second-order valence-electron chi connectivity index (χ2n) is 6.80. The van der Waals surface area contributed by atoms with Crippen LogP contribution in [0.25, 0.3) is 11.3 Å². The first-order valence-corrected chi connectivity index (χ1v) is 10.5. The van der Waals surface area contributed by atoms with E-state index in [1.54, 1.807) is 34.6 Å². The number of sulfonamides is 1. The second kappa shape index (κ2) is 7.25. The van der Waals surface area contributed by atoms with E-state index in [2.05, 4.69) is 10.1 Å². The number of aromatic nitrogens is 3. The maximum atomic E-state index is 13.6. The summed E-state index contributed by atoms with van der Waals surface area (Å²) in [5.41, 5.74) is 2.23. The van der Waals surface area contributed by atoms with Gasteiger partial charge in [-0.3, -0.25) is 9.67 Å². The van der Waals surface area contributed by atoms with Gasteiger partial charge in [-0.1, -0.05) is 42.8 Å². The van der Waals surface area contributed by atoms with E-state index in [9.17, 15) is 8.42 Å². The Morgan fingerprint density at radius 1 is 1.07 bits per heavy atom. The zero-order valence-electron chi connectivity index (χ0n) is 15.2. The molecule has 0 spiro atoms. The van der Waals surface area contributed by atoms with Gasteiger partial charge in [-0.15, -0.1) is 0 Å². The van der Waals surface area contributed by atoms with Crippen molar-refractivity contribution in [3.63, 3.8) is 0 Å². The van der Waals surface area contributed by atoms with E-state index in [1.807, 2.05) is 42.5 Å². The van der Waals surface area contributed by atoms with Gasteiger partial charge in [0.05, 0.1) is 6.04 Å². The van der Waals surface area contributed by atoms with E-state index in [-0.39, 0.29) is 10.9 Å². The van der Waals surface area contributed by atoms with Crippen LogP contribution in [-0.4, -0.2) is 34.0 Å². The van der Waals surface area contributed by atoms with E-state index >= 15 is 0 Å². The van der Waals surface area contributed by atoms with Crippen molar-refractivity contribution in [3.8, 4) is 11.3 Å². The van der Waals surface area contributed by atoms with E-state index in [1.165, 1.54) is 0 Å². The number of hydrogen-bond donors (Lipinski definition) is 0. The minimum absolute atomic E-state index is 0.193. The molecule has 0 radical (unpaired) electrons. The number of pyridine rings is 1. The van der Waals surface area contributed by atoms with Crippen LogP contribution in [0.3, 0.4) is 0 Å². The molecule has 1 aromatic carbocycles. The third-order valence-corrected chi connectivity index (χ3v) is 6.86. The zero-order valence-corrected chi connectivity index (χ0v) is 16.0. The molecule has 27 heavy (non-hydrogen) atoms. The van der Waals surface area contributed by atoms with Gasteiger partial charge in [-0.05, 0) is 24.5 Å². The first kappa shape index (κ1) is 17.9. The number of hydrogen-bond acceptors (Lipinski definition) is 4. The summed E-state index contributed by atoms with van der Waals surface area (Å²) in [7, 11) is -1.94. The predicted molar refractivity (Wildman–Crippen MR) is 103 cm³/mol. The minimum Gasteiger partial charge on any atom is -0.274 e. The Hall–Kier alpha value is -2.51. The van der Waals surface area contributed by atoms with Gasteiger partial charge in [-0.25, -0.2) is 8.42 Å². The predicted octanol–water partition coefficient (Wildman–Crippen LogP) is 3.40. The normalized spacial score (nSPS) is 18.5. The maximum Gasteiger partial charge on any atom is 0.247 e. The molecule has 0 aliphatic carbocycles. The van der Waals surface area contributed by atoms with Gasteiger partial charge in [0.25, 0.3) is 0 Å². The molecular formula is C20H22N4O2S. The highest BCUT2D eigenvalue weighted by Crippen LogP contribution is 2.37. The van der Waals surface area contributed by atoms with Crippen molar-refractivity contribution in [3.05, 3.63) is 66.6 Å². The van der Waals surface area contributed by atoms with Crippen LogP contribution in [0.1, 0.15) is 30.9 Å². The summed E-state index contributed by atoms with van der Waals surface area (Å²) in [6.45, 7) is 0.505. The monoisotopic (exact) mass is 382 g/mol. The summed E-state index contributed by atoms with van der Waals surface area (Å²) in [4.78, 5) is 4.44. The average molecular weight is 382 g/mol. The van der Waals surface area contributed by atoms with Crippen molar-refractivity contribution in [2.45, 2.75) is 30.2 Å². The van der Waals surface area contributed by atoms with Crippen molar-refractivity contribution in [2.24, 2.45) is 7.05 Å². The third kappa shape index (κ3) is 3.40. The van der Waals surface area contributed by atoms with E-state index in [0.29, 0.717) is 12.2 Å². The molecule has 0 bridgehead atoms. The SMILES string of the molecule is Cn1cc(S(=O)(=O)N2CCCCC2c2cccnc2)c(-c2ccccc2)n1. The van der Waals surface area contributed by atoms with Crippen LogP contribution < -0.4 is 0 Å². The van der Waals surface area contributed by atoms with E-state index in [4.69, 9.17) is 0 Å². The lowest BCUT2D eigenvalue weighted by Crippen LogP contribution is -2.38. The number of benzene rings is 1. The molecule has 0 N–H and O–H groups in total. The first-order chi connectivity index (χ1) is 13.1. The van der Waals surface area contributed by atoms with Crippen LogP contribution in [0.15, 0.2) is 66.0 Å². The summed E-state index contributed by atoms with van der Waals surface area (Å²) >= 11 is 0. The molecule has 7 heteroatoms. The molecule has 0 amide bonds. The summed E-state index contributed by atoms with van der Waals surface area (Å²) in [6.07, 6.45) is 7.74. The van der Waals surface area contributed by atoms with E-state index < -0.39 is 10.0 Å². The largest absolute Gasteiger partial charge is 0.274 e. The number of nitrogens with zero attached hydrogens (tertiary/aromatic N) is 4. The van der Waals surface area contributed by atoms with Gasteiger partial charge < -0.3 is 0 Å². The van der Waals surface area contributed by atoms with Gasteiger partial charge in [0, 0.05) is 37.7 Å². The topological polar surface area (TPSA) is 68.1 Å². The Kier molecular flexibility index (Phi) is 4.80. The van der Waals surface area contributed by atoms with Crippen molar-refractivity contribution < 1.29 is 8.42 Å². The molecule has 140 valence electrons. The number of piperidine rings is 1. The Morgan fingerprint density at radius 3 is 2.63 bits per heavy atom. The maximum absolute atomic E-state index is 13.6. The summed E-state index contributed by atoms with van der Waals surface area (Å²) in [5.74, 6) is 0. The molecule has 4 rings (SSSR count). The Bertz CT molecular complexity index is 1020. The molecule has 0 saturated carbocycles. The minimum atomic E-state index is -3.70. The highest BCUT2D eigenvalue weighted by atomic mass is 32.2. The van der Waals surface area contributed by atoms with Crippen molar-refractivity contribution in [2.75, 3.05) is 6.54 Å². The van der Waals surface area contributed by atoms with Crippen LogP contribution in [0.4, 0.5) is 0 Å². The molecule has 3 aromatic rings.